The molecule has 0 aliphatic carbocycles. The topological polar surface area (TPSA) is 52.7 Å². The molecule has 2 aromatic heterocycles. The molecule has 0 spiro atoms. The summed E-state index contributed by atoms with van der Waals surface area (Å²) in [5, 5.41) is 5.09. The molecule has 1 aliphatic rings. The SMILES string of the molecule is CSc1nc(=O)c2cnn3c2n1CC=C3c1cccc(C(F)(F)F)c1. The van der Waals surface area contributed by atoms with Crippen LogP contribution in [-0.4, -0.2) is 25.6 Å². The number of alkyl halides is 3. The molecule has 4 rings (SSSR count). The third-order valence-corrected chi connectivity index (χ3v) is 4.70. The number of hydrogen-bond acceptors (Lipinski definition) is 4. The number of halogens is 3. The molecule has 0 bridgehead atoms. The number of rotatable bonds is 2. The first kappa shape index (κ1) is 15.9. The van der Waals surface area contributed by atoms with Crippen molar-refractivity contribution >= 4 is 28.5 Å². The van der Waals surface area contributed by atoms with Gasteiger partial charge in [-0.15, -0.1) is 0 Å². The average Bonchev–Trinajstić information content (AvgIpc) is 3.03. The van der Waals surface area contributed by atoms with E-state index in [2.05, 4.69) is 10.1 Å². The Morgan fingerprint density at radius 2 is 2.08 bits per heavy atom. The quantitative estimate of drug-likeness (QED) is 0.518. The van der Waals surface area contributed by atoms with Gasteiger partial charge in [-0.1, -0.05) is 23.9 Å². The summed E-state index contributed by atoms with van der Waals surface area (Å²) in [5.74, 6) is 0. The lowest BCUT2D eigenvalue weighted by Crippen LogP contribution is -2.20. The molecule has 1 aromatic carbocycles. The number of allylic oxidation sites excluding steroid dienone is 1. The number of benzene rings is 1. The fraction of sp³-hybridized carbons (Fsp3) is 0.188. The second kappa shape index (κ2) is 5.48. The maximum absolute atomic E-state index is 13.0. The minimum Gasteiger partial charge on any atom is -0.301 e. The maximum Gasteiger partial charge on any atom is 0.416 e. The first-order valence-corrected chi connectivity index (χ1v) is 8.53. The smallest absolute Gasteiger partial charge is 0.301 e. The highest BCUT2D eigenvalue weighted by Crippen LogP contribution is 2.33. The highest BCUT2D eigenvalue weighted by Gasteiger charge is 2.31. The van der Waals surface area contributed by atoms with Crippen LogP contribution >= 0.6 is 11.8 Å². The molecule has 0 saturated heterocycles. The molecule has 3 heterocycles. The Bertz CT molecular complexity index is 1080. The summed E-state index contributed by atoms with van der Waals surface area (Å²) in [5.41, 5.74) is 0.322. The van der Waals surface area contributed by atoms with Gasteiger partial charge in [0.2, 0.25) is 0 Å². The number of hydrogen-bond donors (Lipinski definition) is 0. The summed E-state index contributed by atoms with van der Waals surface area (Å²) >= 11 is 1.33. The van der Waals surface area contributed by atoms with Crippen molar-refractivity contribution < 1.29 is 13.2 Å². The van der Waals surface area contributed by atoms with E-state index in [0.717, 1.165) is 12.1 Å². The van der Waals surface area contributed by atoms with E-state index in [-0.39, 0.29) is 0 Å². The molecular formula is C16H11F3N4OS. The largest absolute Gasteiger partial charge is 0.416 e. The van der Waals surface area contributed by atoms with Crippen molar-refractivity contribution in [3.63, 3.8) is 0 Å². The Labute approximate surface area is 143 Å². The predicted octanol–water partition coefficient (Wildman–Crippen LogP) is 3.24. The fourth-order valence-electron chi connectivity index (χ4n) is 2.91. The zero-order chi connectivity index (χ0) is 17.8. The van der Waals surface area contributed by atoms with Crippen molar-refractivity contribution in [3.8, 4) is 0 Å². The zero-order valence-electron chi connectivity index (χ0n) is 12.9. The van der Waals surface area contributed by atoms with Gasteiger partial charge in [0.1, 0.15) is 5.39 Å². The van der Waals surface area contributed by atoms with Crippen molar-refractivity contribution in [3.05, 3.63) is 58.0 Å². The summed E-state index contributed by atoms with van der Waals surface area (Å²) in [6.45, 7) is 0.400. The number of thioether (sulfide) groups is 1. The van der Waals surface area contributed by atoms with E-state index in [9.17, 15) is 18.0 Å². The van der Waals surface area contributed by atoms with Crippen LogP contribution in [0.2, 0.25) is 0 Å². The van der Waals surface area contributed by atoms with Crippen molar-refractivity contribution in [2.45, 2.75) is 17.9 Å². The average molecular weight is 364 g/mol. The van der Waals surface area contributed by atoms with E-state index in [1.165, 1.54) is 28.7 Å². The first-order chi connectivity index (χ1) is 11.9. The van der Waals surface area contributed by atoms with Crippen molar-refractivity contribution in [2.75, 3.05) is 6.26 Å². The van der Waals surface area contributed by atoms with Crippen LogP contribution in [0.15, 0.2) is 46.5 Å². The molecule has 0 atom stereocenters. The number of aromatic nitrogens is 4. The van der Waals surface area contributed by atoms with Gasteiger partial charge in [-0.05, 0) is 24.5 Å². The van der Waals surface area contributed by atoms with Gasteiger partial charge in [0.15, 0.2) is 10.8 Å². The molecule has 1 aliphatic heterocycles. The monoisotopic (exact) mass is 364 g/mol. The van der Waals surface area contributed by atoms with E-state index >= 15 is 0 Å². The van der Waals surface area contributed by atoms with Crippen LogP contribution in [-0.2, 0) is 12.7 Å². The number of nitrogens with zero attached hydrogens (tertiary/aromatic N) is 4. The Kier molecular flexibility index (Phi) is 3.50. The van der Waals surface area contributed by atoms with Crippen LogP contribution in [0.1, 0.15) is 11.1 Å². The second-order valence-electron chi connectivity index (χ2n) is 5.48. The molecule has 0 amide bonds. The van der Waals surface area contributed by atoms with Crippen LogP contribution in [0.4, 0.5) is 13.2 Å². The Balaban J connectivity index is 1.93. The van der Waals surface area contributed by atoms with Crippen LogP contribution in [0, 0.1) is 0 Å². The van der Waals surface area contributed by atoms with Gasteiger partial charge in [-0.2, -0.15) is 23.3 Å². The third kappa shape index (κ3) is 2.46. The van der Waals surface area contributed by atoms with E-state index in [1.54, 1.807) is 12.1 Å². The molecule has 0 unspecified atom stereocenters. The van der Waals surface area contributed by atoms with E-state index in [0.29, 0.717) is 34.0 Å². The fourth-order valence-corrected chi connectivity index (χ4v) is 3.46. The van der Waals surface area contributed by atoms with Gasteiger partial charge in [0.05, 0.1) is 17.5 Å². The van der Waals surface area contributed by atoms with Crippen molar-refractivity contribution in [1.82, 2.24) is 19.3 Å². The van der Waals surface area contributed by atoms with Gasteiger partial charge in [-0.3, -0.25) is 4.79 Å². The summed E-state index contributed by atoms with van der Waals surface area (Å²) < 4.78 is 42.3. The Morgan fingerprint density at radius 1 is 1.28 bits per heavy atom. The maximum atomic E-state index is 13.0. The standard InChI is InChI=1S/C16H11F3N4OS/c1-25-15-21-13(24)11-8-20-23-12(5-6-22(15)14(11)23)9-3-2-4-10(7-9)16(17,18)19/h2-5,7-8H,6H2,1H3. The van der Waals surface area contributed by atoms with Gasteiger partial charge in [-0.25, -0.2) is 4.68 Å². The lowest BCUT2D eigenvalue weighted by molar-refractivity contribution is -0.137. The minimum absolute atomic E-state index is 0.343. The molecule has 9 heteroatoms. The normalized spacial score (nSPS) is 14.0. The molecule has 3 aromatic rings. The summed E-state index contributed by atoms with van der Waals surface area (Å²) in [6, 6.07) is 5.07. The second-order valence-corrected chi connectivity index (χ2v) is 6.25. The van der Waals surface area contributed by atoms with E-state index < -0.39 is 17.3 Å². The predicted molar refractivity (Wildman–Crippen MR) is 88.4 cm³/mol. The molecule has 25 heavy (non-hydrogen) atoms. The lowest BCUT2D eigenvalue weighted by Gasteiger charge is -2.20. The highest BCUT2D eigenvalue weighted by molar-refractivity contribution is 7.98. The first-order valence-electron chi connectivity index (χ1n) is 7.31. The zero-order valence-corrected chi connectivity index (χ0v) is 13.7. The molecule has 0 radical (unpaired) electrons. The Morgan fingerprint density at radius 3 is 2.80 bits per heavy atom. The van der Waals surface area contributed by atoms with Gasteiger partial charge in [0.25, 0.3) is 5.56 Å². The summed E-state index contributed by atoms with van der Waals surface area (Å²) in [7, 11) is 0. The minimum atomic E-state index is -4.42. The van der Waals surface area contributed by atoms with E-state index in [4.69, 9.17) is 0 Å². The molecule has 0 fully saturated rings. The molecule has 0 N–H and O–H groups in total. The molecule has 0 saturated carbocycles. The third-order valence-electron chi connectivity index (χ3n) is 4.02. The summed E-state index contributed by atoms with van der Waals surface area (Å²) in [6.07, 6.45) is 0.568. The van der Waals surface area contributed by atoms with Crippen molar-refractivity contribution in [1.29, 1.82) is 0 Å². The lowest BCUT2D eigenvalue weighted by atomic mass is 10.1. The summed E-state index contributed by atoms with van der Waals surface area (Å²) in [4.78, 5) is 16.2. The van der Waals surface area contributed by atoms with Crippen LogP contribution in [0.5, 0.6) is 0 Å². The van der Waals surface area contributed by atoms with Crippen molar-refractivity contribution in [2.24, 2.45) is 0 Å². The highest BCUT2D eigenvalue weighted by atomic mass is 32.2. The van der Waals surface area contributed by atoms with Gasteiger partial charge in [0, 0.05) is 12.1 Å². The van der Waals surface area contributed by atoms with Crippen LogP contribution in [0.25, 0.3) is 16.7 Å². The molecular weight excluding hydrogens is 353 g/mol. The molecule has 128 valence electrons. The van der Waals surface area contributed by atoms with Crippen LogP contribution in [0.3, 0.4) is 0 Å². The Hall–Kier alpha value is -2.55. The van der Waals surface area contributed by atoms with Crippen LogP contribution < -0.4 is 5.56 Å². The van der Waals surface area contributed by atoms with Gasteiger partial charge < -0.3 is 4.57 Å². The van der Waals surface area contributed by atoms with Gasteiger partial charge >= 0.3 is 6.18 Å². The van der Waals surface area contributed by atoms with E-state index in [1.807, 2.05) is 10.8 Å². The molecule has 5 nitrogen and oxygen atoms in total.